The number of ether oxygens (including phenoxy) is 1. The van der Waals surface area contributed by atoms with Gasteiger partial charge in [0.15, 0.2) is 0 Å². The van der Waals surface area contributed by atoms with Crippen molar-refractivity contribution in [3.8, 4) is 0 Å². The molecule has 0 aliphatic rings. The Bertz CT molecular complexity index is 148. The van der Waals surface area contributed by atoms with E-state index in [9.17, 15) is 4.79 Å². The smallest absolute Gasteiger partial charge is 0.222 e. The zero-order chi connectivity index (χ0) is 10.8. The van der Waals surface area contributed by atoms with E-state index in [1.54, 1.807) is 7.11 Å². The summed E-state index contributed by atoms with van der Waals surface area (Å²) < 4.78 is 4.92. The summed E-state index contributed by atoms with van der Waals surface area (Å²) in [6.07, 6.45) is 4.80. The number of carbonyl (C=O) groups excluding carboxylic acids is 1. The van der Waals surface area contributed by atoms with Crippen LogP contribution in [0.4, 0.5) is 0 Å². The summed E-state index contributed by atoms with van der Waals surface area (Å²) in [4.78, 5) is 13.3. The predicted octanol–water partition coefficient (Wildman–Crippen LogP) is 2.06. The number of rotatable bonds is 8. The highest BCUT2D eigenvalue weighted by atomic mass is 16.5. The second kappa shape index (κ2) is 9.00. The van der Waals surface area contributed by atoms with E-state index in [0.29, 0.717) is 6.42 Å². The van der Waals surface area contributed by atoms with Crippen LogP contribution in [0, 0.1) is 0 Å². The highest BCUT2D eigenvalue weighted by Gasteiger charge is 2.06. The van der Waals surface area contributed by atoms with Crippen LogP contribution in [-0.4, -0.2) is 38.1 Å². The zero-order valence-corrected chi connectivity index (χ0v) is 9.71. The molecule has 0 aromatic rings. The van der Waals surface area contributed by atoms with Crippen molar-refractivity contribution in [1.82, 2.24) is 4.90 Å². The summed E-state index contributed by atoms with van der Waals surface area (Å²) >= 11 is 0. The molecule has 0 radical (unpaired) electrons. The summed E-state index contributed by atoms with van der Waals surface area (Å²) in [5, 5.41) is 0. The molecule has 84 valence electrons. The Morgan fingerprint density at radius 3 is 2.57 bits per heavy atom. The summed E-state index contributed by atoms with van der Waals surface area (Å²) in [5.74, 6) is 0.259. The molecule has 0 heterocycles. The van der Waals surface area contributed by atoms with Gasteiger partial charge in [-0.25, -0.2) is 0 Å². The maximum Gasteiger partial charge on any atom is 0.222 e. The van der Waals surface area contributed by atoms with Crippen LogP contribution in [0.25, 0.3) is 0 Å². The first-order valence-corrected chi connectivity index (χ1v) is 5.45. The summed E-state index contributed by atoms with van der Waals surface area (Å²) in [5.41, 5.74) is 0. The molecule has 0 fully saturated rings. The first kappa shape index (κ1) is 13.4. The number of unbranched alkanes of at least 4 members (excludes halogenated alkanes) is 2. The Morgan fingerprint density at radius 2 is 2.00 bits per heavy atom. The van der Waals surface area contributed by atoms with E-state index in [2.05, 4.69) is 6.92 Å². The van der Waals surface area contributed by atoms with Crippen LogP contribution in [0.3, 0.4) is 0 Å². The van der Waals surface area contributed by atoms with Crippen molar-refractivity contribution >= 4 is 5.91 Å². The van der Waals surface area contributed by atoms with Gasteiger partial charge >= 0.3 is 0 Å². The average Bonchev–Trinajstić information content (AvgIpc) is 2.20. The fourth-order valence-corrected chi connectivity index (χ4v) is 1.23. The van der Waals surface area contributed by atoms with Gasteiger partial charge in [-0.1, -0.05) is 13.3 Å². The van der Waals surface area contributed by atoms with E-state index in [-0.39, 0.29) is 5.91 Å². The Balaban J connectivity index is 3.42. The standard InChI is InChI=1S/C11H23NO2/c1-4-5-9-12(2)11(13)8-6-7-10-14-3/h4-10H2,1-3H3. The predicted molar refractivity (Wildman–Crippen MR) is 58.3 cm³/mol. The van der Waals surface area contributed by atoms with E-state index in [1.165, 1.54) is 0 Å². The quantitative estimate of drug-likeness (QED) is 0.563. The number of methoxy groups -OCH3 is 1. The Labute approximate surface area is 87.4 Å². The molecule has 0 saturated carbocycles. The molecule has 3 nitrogen and oxygen atoms in total. The van der Waals surface area contributed by atoms with E-state index in [0.717, 1.165) is 38.8 Å². The molecule has 0 aliphatic heterocycles. The highest BCUT2D eigenvalue weighted by Crippen LogP contribution is 2.01. The molecule has 0 atom stereocenters. The molecule has 0 bridgehead atoms. The number of nitrogens with zero attached hydrogens (tertiary/aromatic N) is 1. The molecule has 0 aromatic carbocycles. The fourth-order valence-electron chi connectivity index (χ4n) is 1.23. The third kappa shape index (κ3) is 6.89. The minimum absolute atomic E-state index is 0.259. The van der Waals surface area contributed by atoms with E-state index in [4.69, 9.17) is 4.74 Å². The molecule has 1 amide bonds. The lowest BCUT2D eigenvalue weighted by Gasteiger charge is -2.16. The van der Waals surface area contributed by atoms with Crippen molar-refractivity contribution in [3.05, 3.63) is 0 Å². The SMILES string of the molecule is CCCCN(C)C(=O)CCCCOC. The van der Waals surface area contributed by atoms with Crippen LogP contribution < -0.4 is 0 Å². The van der Waals surface area contributed by atoms with Gasteiger partial charge in [-0.05, 0) is 19.3 Å². The molecule has 0 rings (SSSR count). The van der Waals surface area contributed by atoms with Crippen molar-refractivity contribution in [2.45, 2.75) is 39.0 Å². The molecular weight excluding hydrogens is 178 g/mol. The van der Waals surface area contributed by atoms with E-state index in [1.807, 2.05) is 11.9 Å². The normalized spacial score (nSPS) is 10.2. The van der Waals surface area contributed by atoms with E-state index < -0.39 is 0 Å². The Morgan fingerprint density at radius 1 is 1.29 bits per heavy atom. The van der Waals surface area contributed by atoms with Gasteiger partial charge in [0, 0.05) is 33.7 Å². The topological polar surface area (TPSA) is 29.5 Å². The van der Waals surface area contributed by atoms with Crippen molar-refractivity contribution in [1.29, 1.82) is 0 Å². The molecule has 0 aliphatic carbocycles. The highest BCUT2D eigenvalue weighted by molar-refractivity contribution is 5.75. The average molecular weight is 201 g/mol. The maximum absolute atomic E-state index is 11.5. The lowest BCUT2D eigenvalue weighted by molar-refractivity contribution is -0.130. The van der Waals surface area contributed by atoms with Gasteiger partial charge in [0.05, 0.1) is 0 Å². The van der Waals surface area contributed by atoms with Gasteiger partial charge in [0.2, 0.25) is 5.91 Å². The lowest BCUT2D eigenvalue weighted by Crippen LogP contribution is -2.27. The number of hydrogen-bond donors (Lipinski definition) is 0. The first-order chi connectivity index (χ1) is 6.72. The number of amides is 1. The molecule has 0 N–H and O–H groups in total. The molecule has 0 unspecified atom stereocenters. The first-order valence-electron chi connectivity index (χ1n) is 5.45. The monoisotopic (exact) mass is 201 g/mol. The summed E-state index contributed by atoms with van der Waals surface area (Å²) in [7, 11) is 3.57. The van der Waals surface area contributed by atoms with Crippen LogP contribution in [0.5, 0.6) is 0 Å². The molecule has 3 heteroatoms. The molecular formula is C11H23NO2. The van der Waals surface area contributed by atoms with Gasteiger partial charge in [-0.3, -0.25) is 4.79 Å². The number of hydrogen-bond acceptors (Lipinski definition) is 2. The van der Waals surface area contributed by atoms with Gasteiger partial charge in [-0.15, -0.1) is 0 Å². The van der Waals surface area contributed by atoms with Crippen molar-refractivity contribution < 1.29 is 9.53 Å². The molecule has 0 spiro atoms. The van der Waals surface area contributed by atoms with Crippen LogP contribution in [0.2, 0.25) is 0 Å². The van der Waals surface area contributed by atoms with Gasteiger partial charge < -0.3 is 9.64 Å². The van der Waals surface area contributed by atoms with Crippen LogP contribution in [-0.2, 0) is 9.53 Å². The van der Waals surface area contributed by atoms with Gasteiger partial charge in [-0.2, -0.15) is 0 Å². The van der Waals surface area contributed by atoms with Crippen LogP contribution in [0.15, 0.2) is 0 Å². The van der Waals surface area contributed by atoms with Crippen molar-refractivity contribution in [2.24, 2.45) is 0 Å². The molecule has 14 heavy (non-hydrogen) atoms. The summed E-state index contributed by atoms with van der Waals surface area (Å²) in [6, 6.07) is 0. The second-order valence-electron chi connectivity index (χ2n) is 3.62. The molecule has 0 saturated heterocycles. The maximum atomic E-state index is 11.5. The Hall–Kier alpha value is -0.570. The van der Waals surface area contributed by atoms with Crippen LogP contribution >= 0.6 is 0 Å². The van der Waals surface area contributed by atoms with Gasteiger partial charge in [0.1, 0.15) is 0 Å². The van der Waals surface area contributed by atoms with Crippen LogP contribution in [0.1, 0.15) is 39.0 Å². The third-order valence-electron chi connectivity index (χ3n) is 2.26. The minimum Gasteiger partial charge on any atom is -0.385 e. The zero-order valence-electron chi connectivity index (χ0n) is 9.71. The van der Waals surface area contributed by atoms with Crippen molar-refractivity contribution in [2.75, 3.05) is 27.3 Å². The van der Waals surface area contributed by atoms with Gasteiger partial charge in [0.25, 0.3) is 0 Å². The molecule has 0 aromatic heterocycles. The summed E-state index contributed by atoms with van der Waals surface area (Å²) in [6.45, 7) is 3.78. The Kier molecular flexibility index (Phi) is 8.64. The fraction of sp³-hybridized carbons (Fsp3) is 0.909. The number of carbonyl (C=O) groups is 1. The second-order valence-corrected chi connectivity index (χ2v) is 3.62. The third-order valence-corrected chi connectivity index (χ3v) is 2.26. The minimum atomic E-state index is 0.259. The lowest BCUT2D eigenvalue weighted by atomic mass is 10.2. The van der Waals surface area contributed by atoms with Crippen molar-refractivity contribution in [3.63, 3.8) is 0 Å². The largest absolute Gasteiger partial charge is 0.385 e. The van der Waals surface area contributed by atoms with E-state index >= 15 is 0 Å².